The first-order valence-corrected chi connectivity index (χ1v) is 7.92. The van der Waals surface area contributed by atoms with Crippen molar-refractivity contribution in [2.75, 3.05) is 40.5 Å². The molecule has 0 atom stereocenters. The highest BCUT2D eigenvalue weighted by Crippen LogP contribution is 2.01. The molecule has 0 bridgehead atoms. The highest BCUT2D eigenvalue weighted by atomic mass is 127. The van der Waals surface area contributed by atoms with Crippen molar-refractivity contribution < 1.29 is 9.47 Å². The van der Waals surface area contributed by atoms with Crippen LogP contribution in [0.3, 0.4) is 0 Å². The highest BCUT2D eigenvalue weighted by molar-refractivity contribution is 14.0. The quantitative estimate of drug-likeness (QED) is 0.243. The second-order valence-electron chi connectivity index (χ2n) is 5.02. The summed E-state index contributed by atoms with van der Waals surface area (Å²) in [5.41, 5.74) is 1.22. The van der Waals surface area contributed by atoms with Crippen molar-refractivity contribution in [3.63, 3.8) is 0 Å². The molecule has 1 aromatic carbocycles. The van der Waals surface area contributed by atoms with E-state index in [-0.39, 0.29) is 24.0 Å². The molecule has 0 saturated heterocycles. The van der Waals surface area contributed by atoms with Gasteiger partial charge in [-0.15, -0.1) is 24.0 Å². The Morgan fingerprint density at radius 3 is 2.35 bits per heavy atom. The summed E-state index contributed by atoms with van der Waals surface area (Å²) in [4.78, 5) is 4.18. The number of hydrogen-bond donors (Lipinski definition) is 2. The largest absolute Gasteiger partial charge is 0.385 e. The molecule has 0 aromatic heterocycles. The molecule has 0 fully saturated rings. The molecular formula is C17H30IN3O2. The summed E-state index contributed by atoms with van der Waals surface area (Å²) in [6.07, 6.45) is 3.08. The minimum atomic E-state index is 0. The summed E-state index contributed by atoms with van der Waals surface area (Å²) in [6.45, 7) is 4.02. The first-order valence-electron chi connectivity index (χ1n) is 7.92. The average molecular weight is 435 g/mol. The zero-order chi connectivity index (χ0) is 15.9. The molecule has 0 radical (unpaired) electrons. The Labute approximate surface area is 157 Å². The SMILES string of the molecule is CN=C(NCCCCOCc1ccccc1)NCCCOC.I. The fourth-order valence-corrected chi connectivity index (χ4v) is 1.94. The lowest BCUT2D eigenvalue weighted by Crippen LogP contribution is -2.38. The van der Waals surface area contributed by atoms with Gasteiger partial charge in [-0.2, -0.15) is 0 Å². The molecule has 1 aromatic rings. The minimum Gasteiger partial charge on any atom is -0.385 e. The fraction of sp³-hybridized carbons (Fsp3) is 0.588. The van der Waals surface area contributed by atoms with E-state index in [2.05, 4.69) is 27.8 Å². The van der Waals surface area contributed by atoms with Gasteiger partial charge in [-0.05, 0) is 24.8 Å². The predicted molar refractivity (Wildman–Crippen MR) is 107 cm³/mol. The number of unbranched alkanes of at least 4 members (excludes halogenated alkanes) is 1. The second kappa shape index (κ2) is 16.0. The van der Waals surface area contributed by atoms with Crippen LogP contribution in [0.1, 0.15) is 24.8 Å². The van der Waals surface area contributed by atoms with Crippen LogP contribution in [0.25, 0.3) is 0 Å². The lowest BCUT2D eigenvalue weighted by molar-refractivity contribution is 0.117. The van der Waals surface area contributed by atoms with Crippen LogP contribution >= 0.6 is 24.0 Å². The number of aliphatic imine (C=N–C) groups is 1. The number of ether oxygens (including phenoxy) is 2. The number of guanidine groups is 1. The Morgan fingerprint density at radius 1 is 1.00 bits per heavy atom. The van der Waals surface area contributed by atoms with Gasteiger partial charge in [-0.3, -0.25) is 4.99 Å². The number of hydrogen-bond acceptors (Lipinski definition) is 3. The Kier molecular flexibility index (Phi) is 15.4. The van der Waals surface area contributed by atoms with E-state index >= 15 is 0 Å². The maximum Gasteiger partial charge on any atom is 0.190 e. The van der Waals surface area contributed by atoms with Gasteiger partial charge in [0, 0.05) is 40.5 Å². The Hall–Kier alpha value is -0.860. The molecule has 2 N–H and O–H groups in total. The molecule has 23 heavy (non-hydrogen) atoms. The third kappa shape index (κ3) is 12.3. The molecule has 0 amide bonds. The van der Waals surface area contributed by atoms with Gasteiger partial charge >= 0.3 is 0 Å². The minimum absolute atomic E-state index is 0. The van der Waals surface area contributed by atoms with E-state index in [1.165, 1.54) is 5.56 Å². The predicted octanol–water partition coefficient (Wildman–Crippen LogP) is 2.80. The molecule has 0 aliphatic rings. The maximum atomic E-state index is 5.66. The van der Waals surface area contributed by atoms with Crippen molar-refractivity contribution in [2.45, 2.75) is 25.9 Å². The Morgan fingerprint density at radius 2 is 1.70 bits per heavy atom. The maximum absolute atomic E-state index is 5.66. The topological polar surface area (TPSA) is 54.9 Å². The number of nitrogens with one attached hydrogen (secondary N) is 2. The molecule has 0 unspecified atom stereocenters. The number of benzene rings is 1. The van der Waals surface area contributed by atoms with E-state index in [4.69, 9.17) is 9.47 Å². The normalized spacial score (nSPS) is 11.0. The molecule has 0 heterocycles. The Balaban J connectivity index is 0.00000484. The molecule has 0 aliphatic heterocycles. The van der Waals surface area contributed by atoms with E-state index in [1.54, 1.807) is 14.2 Å². The van der Waals surface area contributed by atoms with E-state index in [1.807, 2.05) is 18.2 Å². The molecule has 6 heteroatoms. The zero-order valence-corrected chi connectivity index (χ0v) is 16.5. The lowest BCUT2D eigenvalue weighted by atomic mass is 10.2. The van der Waals surface area contributed by atoms with Crippen LogP contribution < -0.4 is 10.6 Å². The van der Waals surface area contributed by atoms with Crippen molar-refractivity contribution in [1.29, 1.82) is 0 Å². The zero-order valence-electron chi connectivity index (χ0n) is 14.2. The van der Waals surface area contributed by atoms with E-state index < -0.39 is 0 Å². The molecular weight excluding hydrogens is 405 g/mol. The van der Waals surface area contributed by atoms with Crippen LogP contribution in [0.2, 0.25) is 0 Å². The highest BCUT2D eigenvalue weighted by Gasteiger charge is 1.97. The van der Waals surface area contributed by atoms with Gasteiger partial charge in [0.15, 0.2) is 5.96 Å². The van der Waals surface area contributed by atoms with Crippen molar-refractivity contribution >= 4 is 29.9 Å². The van der Waals surface area contributed by atoms with Gasteiger partial charge in [-0.25, -0.2) is 0 Å². The molecule has 132 valence electrons. The standard InChI is InChI=1S/C17H29N3O2.HI/c1-18-17(20-12-8-13-21-2)19-11-6-7-14-22-15-16-9-4-3-5-10-16;/h3-5,9-10H,6-8,11-15H2,1-2H3,(H2,18,19,20);1H. The summed E-state index contributed by atoms with van der Waals surface area (Å²) in [6, 6.07) is 10.3. The summed E-state index contributed by atoms with van der Waals surface area (Å²) >= 11 is 0. The first-order chi connectivity index (χ1) is 10.9. The van der Waals surface area contributed by atoms with Crippen molar-refractivity contribution in [3.8, 4) is 0 Å². The summed E-state index contributed by atoms with van der Waals surface area (Å²) in [5.74, 6) is 0.848. The van der Waals surface area contributed by atoms with E-state index in [0.29, 0.717) is 6.61 Å². The molecule has 1 rings (SSSR count). The molecule has 0 spiro atoms. The third-order valence-corrected chi connectivity index (χ3v) is 3.16. The molecule has 5 nitrogen and oxygen atoms in total. The summed E-state index contributed by atoms with van der Waals surface area (Å²) in [7, 11) is 3.50. The smallest absolute Gasteiger partial charge is 0.190 e. The van der Waals surface area contributed by atoms with Crippen LogP contribution in [0.15, 0.2) is 35.3 Å². The van der Waals surface area contributed by atoms with Crippen LogP contribution in [0.5, 0.6) is 0 Å². The van der Waals surface area contributed by atoms with Crippen LogP contribution in [0, 0.1) is 0 Å². The monoisotopic (exact) mass is 435 g/mol. The molecule has 0 aliphatic carbocycles. The number of methoxy groups -OCH3 is 1. The first kappa shape index (κ1) is 22.1. The Bertz CT molecular complexity index is 402. The van der Waals surface area contributed by atoms with E-state index in [0.717, 1.165) is 51.5 Å². The van der Waals surface area contributed by atoms with Gasteiger partial charge in [-0.1, -0.05) is 30.3 Å². The van der Waals surface area contributed by atoms with Gasteiger partial charge in [0.1, 0.15) is 0 Å². The fourth-order valence-electron chi connectivity index (χ4n) is 1.94. The number of rotatable bonds is 11. The third-order valence-electron chi connectivity index (χ3n) is 3.16. The van der Waals surface area contributed by atoms with Crippen molar-refractivity contribution in [2.24, 2.45) is 4.99 Å². The number of nitrogens with zero attached hydrogens (tertiary/aromatic N) is 1. The van der Waals surface area contributed by atoms with E-state index in [9.17, 15) is 0 Å². The van der Waals surface area contributed by atoms with Gasteiger partial charge < -0.3 is 20.1 Å². The summed E-state index contributed by atoms with van der Waals surface area (Å²) < 4.78 is 10.7. The van der Waals surface area contributed by atoms with Gasteiger partial charge in [0.2, 0.25) is 0 Å². The second-order valence-corrected chi connectivity index (χ2v) is 5.02. The molecule has 0 saturated carbocycles. The number of halogens is 1. The van der Waals surface area contributed by atoms with Gasteiger partial charge in [0.25, 0.3) is 0 Å². The van der Waals surface area contributed by atoms with Crippen LogP contribution in [-0.2, 0) is 16.1 Å². The average Bonchev–Trinajstić information content (AvgIpc) is 2.56. The van der Waals surface area contributed by atoms with Crippen LogP contribution in [-0.4, -0.2) is 46.4 Å². The van der Waals surface area contributed by atoms with Crippen molar-refractivity contribution in [1.82, 2.24) is 10.6 Å². The van der Waals surface area contributed by atoms with Crippen molar-refractivity contribution in [3.05, 3.63) is 35.9 Å². The van der Waals surface area contributed by atoms with Gasteiger partial charge in [0.05, 0.1) is 6.61 Å². The summed E-state index contributed by atoms with van der Waals surface area (Å²) in [5, 5.41) is 6.55. The van der Waals surface area contributed by atoms with Crippen LogP contribution in [0.4, 0.5) is 0 Å². The lowest BCUT2D eigenvalue weighted by Gasteiger charge is -2.11.